The van der Waals surface area contributed by atoms with E-state index < -0.39 is 0 Å². The highest BCUT2D eigenvalue weighted by Gasteiger charge is 2.08. The van der Waals surface area contributed by atoms with Crippen molar-refractivity contribution < 1.29 is 5.11 Å². The van der Waals surface area contributed by atoms with E-state index in [1.54, 1.807) is 6.20 Å². The third-order valence-electron chi connectivity index (χ3n) is 2.34. The zero-order chi connectivity index (χ0) is 12.8. The number of likely N-dealkylation sites (N-methyl/N-ethyl adjacent to an activating group) is 1. The van der Waals surface area contributed by atoms with Crippen LogP contribution in [0.15, 0.2) is 16.9 Å². The van der Waals surface area contributed by atoms with E-state index in [4.69, 9.17) is 0 Å². The lowest BCUT2D eigenvalue weighted by molar-refractivity contribution is 0.131. The van der Waals surface area contributed by atoms with E-state index in [2.05, 4.69) is 33.3 Å². The van der Waals surface area contributed by atoms with Crippen LogP contribution in [0.3, 0.4) is 0 Å². The predicted molar refractivity (Wildman–Crippen MR) is 72.0 cm³/mol. The molecule has 0 fully saturated rings. The molecule has 0 aliphatic heterocycles. The van der Waals surface area contributed by atoms with Crippen molar-refractivity contribution in [3.05, 3.63) is 16.9 Å². The van der Waals surface area contributed by atoms with Crippen LogP contribution in [0.1, 0.15) is 6.92 Å². The van der Waals surface area contributed by atoms with Crippen molar-refractivity contribution in [3.8, 4) is 0 Å². The number of nitrogens with one attached hydrogen (secondary N) is 1. The molecular formula is C11H21BrN4O. The lowest BCUT2D eigenvalue weighted by Crippen LogP contribution is -2.40. The van der Waals surface area contributed by atoms with Gasteiger partial charge in [0, 0.05) is 25.3 Å². The molecule has 0 spiro atoms. The Labute approximate surface area is 111 Å². The molecule has 2 unspecified atom stereocenters. The van der Waals surface area contributed by atoms with Gasteiger partial charge in [-0.25, -0.2) is 0 Å². The predicted octanol–water partition coefficient (Wildman–Crippen LogP) is 0.546. The Morgan fingerprint density at radius 1 is 1.59 bits per heavy atom. The molecule has 0 saturated carbocycles. The van der Waals surface area contributed by atoms with Crippen molar-refractivity contribution in [1.29, 1.82) is 0 Å². The number of halogens is 1. The lowest BCUT2D eigenvalue weighted by Gasteiger charge is -2.19. The third-order valence-corrected chi connectivity index (χ3v) is 2.75. The van der Waals surface area contributed by atoms with E-state index >= 15 is 0 Å². The van der Waals surface area contributed by atoms with Gasteiger partial charge in [-0.1, -0.05) is 0 Å². The number of hydrogen-bond donors (Lipinski definition) is 2. The van der Waals surface area contributed by atoms with Gasteiger partial charge in [-0.2, -0.15) is 5.10 Å². The van der Waals surface area contributed by atoms with Crippen molar-refractivity contribution in [2.45, 2.75) is 25.6 Å². The fourth-order valence-electron chi connectivity index (χ4n) is 1.61. The van der Waals surface area contributed by atoms with Crippen molar-refractivity contribution in [2.75, 3.05) is 27.2 Å². The third kappa shape index (κ3) is 6.16. The van der Waals surface area contributed by atoms with Crippen LogP contribution >= 0.6 is 15.9 Å². The minimum Gasteiger partial charge on any atom is -0.390 e. The molecule has 5 nitrogen and oxygen atoms in total. The van der Waals surface area contributed by atoms with E-state index in [1.165, 1.54) is 0 Å². The SMILES string of the molecule is CC(Cn1cc(Br)cn1)NCC(O)CN(C)C. The maximum Gasteiger partial charge on any atom is 0.0791 e. The second-order valence-corrected chi connectivity index (χ2v) is 5.52. The average molecular weight is 305 g/mol. The van der Waals surface area contributed by atoms with Crippen LogP contribution in [0.25, 0.3) is 0 Å². The minimum atomic E-state index is -0.336. The van der Waals surface area contributed by atoms with Gasteiger partial charge in [-0.05, 0) is 36.9 Å². The summed E-state index contributed by atoms with van der Waals surface area (Å²) < 4.78 is 2.86. The number of aliphatic hydroxyl groups is 1. The molecule has 17 heavy (non-hydrogen) atoms. The van der Waals surface area contributed by atoms with Gasteiger partial charge in [0.15, 0.2) is 0 Å². The topological polar surface area (TPSA) is 53.3 Å². The zero-order valence-electron chi connectivity index (χ0n) is 10.6. The summed E-state index contributed by atoms with van der Waals surface area (Å²) in [6, 6.07) is 0.276. The first kappa shape index (κ1) is 14.6. The van der Waals surface area contributed by atoms with Gasteiger partial charge in [0.25, 0.3) is 0 Å². The van der Waals surface area contributed by atoms with Gasteiger partial charge in [-0.3, -0.25) is 4.68 Å². The van der Waals surface area contributed by atoms with Crippen LogP contribution < -0.4 is 5.32 Å². The molecule has 1 heterocycles. The maximum absolute atomic E-state index is 9.70. The summed E-state index contributed by atoms with van der Waals surface area (Å²) in [6.45, 7) is 4.15. The number of nitrogens with zero attached hydrogens (tertiary/aromatic N) is 3. The molecule has 0 aliphatic carbocycles. The monoisotopic (exact) mass is 304 g/mol. The van der Waals surface area contributed by atoms with E-state index in [0.29, 0.717) is 13.1 Å². The highest BCUT2D eigenvalue weighted by atomic mass is 79.9. The summed E-state index contributed by atoms with van der Waals surface area (Å²) in [5.74, 6) is 0. The highest BCUT2D eigenvalue weighted by molar-refractivity contribution is 9.10. The number of aromatic nitrogens is 2. The fraction of sp³-hybridized carbons (Fsp3) is 0.727. The van der Waals surface area contributed by atoms with Gasteiger partial charge >= 0.3 is 0 Å². The summed E-state index contributed by atoms with van der Waals surface area (Å²) >= 11 is 3.36. The van der Waals surface area contributed by atoms with Crippen molar-refractivity contribution >= 4 is 15.9 Å². The van der Waals surface area contributed by atoms with Gasteiger partial charge in [0.2, 0.25) is 0 Å². The normalized spacial score (nSPS) is 15.2. The molecule has 1 aromatic heterocycles. The molecule has 0 bridgehead atoms. The summed E-state index contributed by atoms with van der Waals surface area (Å²) in [4.78, 5) is 1.97. The van der Waals surface area contributed by atoms with Crippen molar-refractivity contribution in [2.24, 2.45) is 0 Å². The Hall–Kier alpha value is -0.430. The first-order valence-corrected chi connectivity index (χ1v) is 6.51. The van der Waals surface area contributed by atoms with Crippen LogP contribution in [0.5, 0.6) is 0 Å². The largest absolute Gasteiger partial charge is 0.390 e. The second-order valence-electron chi connectivity index (χ2n) is 4.61. The molecule has 98 valence electrons. The second kappa shape index (κ2) is 7.10. The molecular weight excluding hydrogens is 284 g/mol. The highest BCUT2D eigenvalue weighted by Crippen LogP contribution is 2.06. The first-order valence-electron chi connectivity index (χ1n) is 5.71. The van der Waals surface area contributed by atoms with E-state index in [-0.39, 0.29) is 12.1 Å². The van der Waals surface area contributed by atoms with Crippen LogP contribution in [0.4, 0.5) is 0 Å². The number of hydrogen-bond acceptors (Lipinski definition) is 4. The molecule has 0 aliphatic rings. The Kier molecular flexibility index (Phi) is 6.11. The maximum atomic E-state index is 9.70. The minimum absolute atomic E-state index is 0.276. The van der Waals surface area contributed by atoms with Crippen molar-refractivity contribution in [3.63, 3.8) is 0 Å². The van der Waals surface area contributed by atoms with Gasteiger partial charge < -0.3 is 15.3 Å². The molecule has 0 amide bonds. The number of rotatable bonds is 7. The number of aliphatic hydroxyl groups excluding tert-OH is 1. The van der Waals surface area contributed by atoms with Gasteiger partial charge in [0.1, 0.15) is 0 Å². The Bertz CT molecular complexity index is 329. The molecule has 1 aromatic rings. The van der Waals surface area contributed by atoms with Crippen LogP contribution in [-0.4, -0.2) is 59.1 Å². The molecule has 6 heteroatoms. The molecule has 1 rings (SSSR count). The summed E-state index contributed by atoms with van der Waals surface area (Å²) in [6.07, 6.45) is 3.37. The summed E-state index contributed by atoms with van der Waals surface area (Å²) in [5.41, 5.74) is 0. The van der Waals surface area contributed by atoms with Gasteiger partial charge in [0.05, 0.1) is 23.3 Å². The summed E-state index contributed by atoms with van der Waals surface area (Å²) in [7, 11) is 3.90. The summed E-state index contributed by atoms with van der Waals surface area (Å²) in [5, 5.41) is 17.2. The van der Waals surface area contributed by atoms with E-state index in [9.17, 15) is 5.11 Å². The Balaban J connectivity index is 2.23. The molecule has 2 atom stereocenters. The Morgan fingerprint density at radius 3 is 2.82 bits per heavy atom. The molecule has 2 N–H and O–H groups in total. The van der Waals surface area contributed by atoms with Crippen LogP contribution in [0.2, 0.25) is 0 Å². The fourth-order valence-corrected chi connectivity index (χ4v) is 1.93. The van der Waals surface area contributed by atoms with Crippen LogP contribution in [-0.2, 0) is 6.54 Å². The smallest absolute Gasteiger partial charge is 0.0791 e. The van der Waals surface area contributed by atoms with Gasteiger partial charge in [-0.15, -0.1) is 0 Å². The quantitative estimate of drug-likeness (QED) is 0.772. The average Bonchev–Trinajstić information content (AvgIpc) is 2.60. The first-order chi connectivity index (χ1) is 7.97. The lowest BCUT2D eigenvalue weighted by atomic mass is 10.3. The van der Waals surface area contributed by atoms with Crippen LogP contribution in [0, 0.1) is 0 Å². The molecule has 0 aromatic carbocycles. The molecule has 0 radical (unpaired) electrons. The standard InChI is InChI=1S/C11H21BrN4O/c1-9(6-16-7-10(12)4-14-16)13-5-11(17)8-15(2)3/h4,7,9,11,13,17H,5-6,8H2,1-3H3. The molecule has 0 saturated heterocycles. The van der Waals surface area contributed by atoms with E-state index in [1.807, 2.05) is 29.9 Å². The van der Waals surface area contributed by atoms with E-state index in [0.717, 1.165) is 11.0 Å². The zero-order valence-corrected chi connectivity index (χ0v) is 12.2. The Morgan fingerprint density at radius 2 is 2.29 bits per heavy atom. The van der Waals surface area contributed by atoms with Crippen molar-refractivity contribution in [1.82, 2.24) is 20.0 Å².